The molecule has 0 atom stereocenters. The van der Waals surface area contributed by atoms with Crippen molar-refractivity contribution in [2.24, 2.45) is 5.10 Å². The summed E-state index contributed by atoms with van der Waals surface area (Å²) < 4.78 is 35.2. The first-order valence-corrected chi connectivity index (χ1v) is 12.1. The van der Waals surface area contributed by atoms with Crippen LogP contribution in [-0.2, 0) is 10.0 Å². The van der Waals surface area contributed by atoms with Gasteiger partial charge >= 0.3 is 0 Å². The number of benzene rings is 3. The molecular weight excluding hydrogens is 484 g/mol. The van der Waals surface area contributed by atoms with Crippen LogP contribution in [0.25, 0.3) is 5.69 Å². The maximum Gasteiger partial charge on any atom is 0.295 e. The fraction of sp³-hybridized carbons (Fsp3) is 0.0833. The van der Waals surface area contributed by atoms with E-state index >= 15 is 0 Å². The summed E-state index contributed by atoms with van der Waals surface area (Å²) in [6.07, 6.45) is 5.20. The number of hydrogen-bond donors (Lipinski definition) is 2. The van der Waals surface area contributed by atoms with Gasteiger partial charge in [0.1, 0.15) is 11.4 Å². The predicted molar refractivity (Wildman–Crippen MR) is 136 cm³/mol. The Morgan fingerprint density at radius 3 is 2.50 bits per heavy atom. The molecule has 0 fully saturated rings. The van der Waals surface area contributed by atoms with Crippen molar-refractivity contribution in [2.75, 3.05) is 17.3 Å². The van der Waals surface area contributed by atoms with Crippen molar-refractivity contribution in [3.05, 3.63) is 101 Å². The van der Waals surface area contributed by atoms with Gasteiger partial charge in [-0.1, -0.05) is 24.3 Å². The molecule has 1 aromatic heterocycles. The largest absolute Gasteiger partial charge is 0.495 e. The summed E-state index contributed by atoms with van der Waals surface area (Å²) in [5.74, 6) is 0.316. The second-order valence-corrected chi connectivity index (χ2v) is 9.25. The second kappa shape index (κ2) is 10.3. The van der Waals surface area contributed by atoms with Crippen LogP contribution in [0.2, 0.25) is 0 Å². The van der Waals surface area contributed by atoms with E-state index in [1.165, 1.54) is 25.3 Å². The Kier molecular flexibility index (Phi) is 6.97. The summed E-state index contributed by atoms with van der Waals surface area (Å²) in [6, 6.07) is 17.5. The van der Waals surface area contributed by atoms with Gasteiger partial charge < -0.3 is 9.30 Å². The highest BCUT2D eigenvalue weighted by Gasteiger charge is 2.22. The molecule has 0 saturated carbocycles. The van der Waals surface area contributed by atoms with Gasteiger partial charge in [0, 0.05) is 24.1 Å². The van der Waals surface area contributed by atoms with Crippen molar-refractivity contribution in [2.45, 2.75) is 11.8 Å². The zero-order valence-corrected chi connectivity index (χ0v) is 20.1. The number of imidazole rings is 1. The number of anilines is 2. The van der Waals surface area contributed by atoms with Crippen LogP contribution in [0.15, 0.2) is 95.4 Å². The molecule has 0 bridgehead atoms. The molecular formula is C24H22N6O5S. The average Bonchev–Trinajstić information content (AvgIpc) is 3.42. The molecule has 0 aliphatic heterocycles. The maximum atomic E-state index is 12.9. The van der Waals surface area contributed by atoms with E-state index in [0.29, 0.717) is 11.5 Å². The van der Waals surface area contributed by atoms with Crippen molar-refractivity contribution >= 4 is 32.8 Å². The minimum absolute atomic E-state index is 0.0469. The number of aromatic nitrogens is 2. The third kappa shape index (κ3) is 5.33. The van der Waals surface area contributed by atoms with Crippen molar-refractivity contribution in [3.8, 4) is 11.4 Å². The molecule has 0 radical (unpaired) electrons. The van der Waals surface area contributed by atoms with Crippen LogP contribution >= 0.6 is 0 Å². The number of para-hydroxylation sites is 2. The minimum Gasteiger partial charge on any atom is -0.495 e. The van der Waals surface area contributed by atoms with Crippen LogP contribution in [-0.4, -0.2) is 35.7 Å². The normalized spacial score (nSPS) is 11.7. The molecule has 0 unspecified atom stereocenters. The van der Waals surface area contributed by atoms with E-state index in [1.807, 2.05) is 35.0 Å². The number of sulfonamides is 1. The van der Waals surface area contributed by atoms with E-state index in [0.717, 1.165) is 17.3 Å². The zero-order valence-electron chi connectivity index (χ0n) is 19.3. The maximum absolute atomic E-state index is 12.9. The monoisotopic (exact) mass is 506 g/mol. The van der Waals surface area contributed by atoms with Gasteiger partial charge in [-0.25, -0.2) is 13.4 Å². The van der Waals surface area contributed by atoms with Gasteiger partial charge in [0.2, 0.25) is 0 Å². The number of rotatable bonds is 9. The molecule has 2 N–H and O–H groups in total. The fourth-order valence-corrected chi connectivity index (χ4v) is 4.44. The van der Waals surface area contributed by atoms with Gasteiger partial charge in [0.15, 0.2) is 0 Å². The Hall–Kier alpha value is -4.71. The molecule has 0 spiro atoms. The number of hydrogen-bond acceptors (Lipinski definition) is 8. The highest BCUT2D eigenvalue weighted by molar-refractivity contribution is 7.92. The molecule has 4 aromatic rings. The lowest BCUT2D eigenvalue weighted by Crippen LogP contribution is -2.14. The summed E-state index contributed by atoms with van der Waals surface area (Å²) in [4.78, 5) is 14.8. The third-order valence-electron chi connectivity index (χ3n) is 5.26. The van der Waals surface area contributed by atoms with Crippen molar-refractivity contribution in [3.63, 3.8) is 0 Å². The summed E-state index contributed by atoms with van der Waals surface area (Å²) in [5, 5.41) is 15.9. The molecule has 36 heavy (non-hydrogen) atoms. The highest BCUT2D eigenvalue weighted by Crippen LogP contribution is 2.30. The van der Waals surface area contributed by atoms with Crippen molar-refractivity contribution in [1.82, 2.24) is 9.55 Å². The number of methoxy groups -OCH3 is 1. The molecule has 12 heteroatoms. The van der Waals surface area contributed by atoms with Crippen LogP contribution in [0.5, 0.6) is 5.75 Å². The molecule has 11 nitrogen and oxygen atoms in total. The van der Waals surface area contributed by atoms with E-state index in [1.54, 1.807) is 37.6 Å². The molecule has 0 amide bonds. The summed E-state index contributed by atoms with van der Waals surface area (Å²) in [6.45, 7) is 1.75. The molecule has 1 heterocycles. The Labute approximate surface area is 207 Å². The molecule has 0 aliphatic rings. The lowest BCUT2D eigenvalue weighted by molar-refractivity contribution is -0.384. The number of hydrazone groups is 1. The Balaban J connectivity index is 1.56. The topological polar surface area (TPSA) is 141 Å². The third-order valence-corrected chi connectivity index (χ3v) is 6.62. The first-order chi connectivity index (χ1) is 17.3. The van der Waals surface area contributed by atoms with Crippen LogP contribution < -0.4 is 14.9 Å². The Morgan fingerprint density at radius 1 is 1.08 bits per heavy atom. The van der Waals surface area contributed by atoms with E-state index in [9.17, 15) is 18.5 Å². The predicted octanol–water partition coefficient (Wildman–Crippen LogP) is 4.43. The fourth-order valence-electron chi connectivity index (χ4n) is 3.35. The van der Waals surface area contributed by atoms with E-state index in [4.69, 9.17) is 4.74 Å². The Morgan fingerprint density at radius 2 is 1.83 bits per heavy atom. The lowest BCUT2D eigenvalue weighted by Gasteiger charge is -2.12. The molecule has 0 saturated heterocycles. The van der Waals surface area contributed by atoms with Crippen molar-refractivity contribution in [1.29, 1.82) is 0 Å². The minimum atomic E-state index is -4.12. The number of nitrogens with one attached hydrogen (secondary N) is 2. The average molecular weight is 507 g/mol. The van der Waals surface area contributed by atoms with E-state index < -0.39 is 20.6 Å². The van der Waals surface area contributed by atoms with Crippen LogP contribution in [0.3, 0.4) is 0 Å². The molecule has 4 rings (SSSR count). The Bertz CT molecular complexity index is 1520. The van der Waals surface area contributed by atoms with Crippen LogP contribution in [0, 0.1) is 10.1 Å². The standard InChI is InChI=1S/C24H22N6O5S/c1-17(18-7-9-19(10-8-18)29-14-13-25-16-29)26-27-21-12-11-20(15-23(21)30(31)32)36(33,34)28-22-5-3-4-6-24(22)35-2/h3-16,27-28H,1-2H3. The number of nitro groups is 1. The SMILES string of the molecule is COc1ccccc1NS(=O)(=O)c1ccc(NN=C(C)c2ccc(-n3ccnc3)cc2)c([N+](=O)[O-])c1. The van der Waals surface area contributed by atoms with E-state index in [-0.39, 0.29) is 16.3 Å². The van der Waals surface area contributed by atoms with Gasteiger partial charge in [0.05, 0.1) is 34.7 Å². The number of nitrogens with zero attached hydrogens (tertiary/aromatic N) is 4. The summed E-state index contributed by atoms with van der Waals surface area (Å²) in [5.41, 5.74) is 4.80. The van der Waals surface area contributed by atoms with Crippen LogP contribution in [0.1, 0.15) is 12.5 Å². The van der Waals surface area contributed by atoms with Gasteiger partial charge in [-0.05, 0) is 48.9 Å². The summed E-state index contributed by atoms with van der Waals surface area (Å²) >= 11 is 0. The smallest absolute Gasteiger partial charge is 0.295 e. The number of nitro benzene ring substituents is 1. The van der Waals surface area contributed by atoms with Gasteiger partial charge in [-0.3, -0.25) is 20.3 Å². The number of ether oxygens (including phenoxy) is 1. The second-order valence-electron chi connectivity index (χ2n) is 7.57. The molecule has 0 aliphatic carbocycles. The molecule has 3 aromatic carbocycles. The zero-order chi connectivity index (χ0) is 25.7. The van der Waals surface area contributed by atoms with Gasteiger partial charge in [-0.15, -0.1) is 0 Å². The van der Waals surface area contributed by atoms with Gasteiger partial charge in [-0.2, -0.15) is 5.10 Å². The summed E-state index contributed by atoms with van der Waals surface area (Å²) in [7, 11) is -2.71. The van der Waals surface area contributed by atoms with Crippen LogP contribution in [0.4, 0.5) is 17.1 Å². The lowest BCUT2D eigenvalue weighted by atomic mass is 10.1. The van der Waals surface area contributed by atoms with E-state index in [2.05, 4.69) is 20.2 Å². The van der Waals surface area contributed by atoms with Crippen molar-refractivity contribution < 1.29 is 18.1 Å². The highest BCUT2D eigenvalue weighted by atomic mass is 32.2. The quantitative estimate of drug-likeness (QED) is 0.194. The first-order valence-electron chi connectivity index (χ1n) is 10.6. The first kappa shape index (κ1) is 24.4. The van der Waals surface area contributed by atoms with Gasteiger partial charge in [0.25, 0.3) is 15.7 Å². The molecule has 184 valence electrons.